The zero-order chi connectivity index (χ0) is 17.6. The maximum Gasteiger partial charge on any atom is 0.0869 e. The molecule has 140 valence electrons. The van der Waals surface area contributed by atoms with Crippen molar-refractivity contribution in [2.24, 2.45) is 0 Å². The van der Waals surface area contributed by atoms with E-state index in [-0.39, 0.29) is 18.6 Å². The lowest BCUT2D eigenvalue weighted by atomic mass is 10.1. The summed E-state index contributed by atoms with van der Waals surface area (Å²) in [6, 6.07) is 0. The number of unbranched alkanes of at least 4 members (excludes halogenated alkanes) is 8. The van der Waals surface area contributed by atoms with Crippen LogP contribution in [-0.2, 0) is 9.53 Å². The predicted molar refractivity (Wildman–Crippen MR) is 94.5 cm³/mol. The fourth-order valence-corrected chi connectivity index (χ4v) is 3.04. The molecule has 0 aliphatic carbocycles. The first-order valence-corrected chi connectivity index (χ1v) is 9.83. The number of aliphatic hydroxyl groups is 1. The molecule has 0 spiro atoms. The van der Waals surface area contributed by atoms with Crippen LogP contribution < -0.4 is 5.11 Å². The Morgan fingerprint density at radius 3 is 2.50 bits per heavy atom. The van der Waals surface area contributed by atoms with Crippen molar-refractivity contribution in [3.63, 3.8) is 0 Å². The van der Waals surface area contributed by atoms with Gasteiger partial charge in [0.1, 0.15) is 0 Å². The van der Waals surface area contributed by atoms with Crippen LogP contribution in [0.4, 0.5) is 0 Å². The van der Waals surface area contributed by atoms with Crippen molar-refractivity contribution in [1.29, 1.82) is 0 Å². The fraction of sp³-hybridized carbons (Fsp3) is 0.850. The van der Waals surface area contributed by atoms with Gasteiger partial charge < -0.3 is 19.7 Å². The summed E-state index contributed by atoms with van der Waals surface area (Å²) >= 11 is 0. The Labute approximate surface area is 147 Å². The highest BCUT2D eigenvalue weighted by atomic mass is 16.6. The van der Waals surface area contributed by atoms with Crippen LogP contribution in [0.15, 0.2) is 12.2 Å². The Morgan fingerprint density at radius 2 is 1.79 bits per heavy atom. The predicted octanol–water partition coefficient (Wildman–Crippen LogP) is 3.51. The van der Waals surface area contributed by atoms with Crippen LogP contribution in [0.3, 0.4) is 0 Å². The molecule has 1 N–H and O–H groups in total. The molecule has 0 saturated carbocycles. The van der Waals surface area contributed by atoms with Gasteiger partial charge in [0.15, 0.2) is 0 Å². The Bertz CT molecular complexity index is 354. The number of aliphatic hydroxyl groups excluding tert-OH is 1. The van der Waals surface area contributed by atoms with Gasteiger partial charge in [0.05, 0.1) is 18.3 Å². The molecular weight excluding hydrogens is 304 g/mol. The Balaban J connectivity index is 1.87. The number of carboxylic acid groups (broad SMARTS) is 1. The Kier molecular flexibility index (Phi) is 11.8. The lowest BCUT2D eigenvalue weighted by Gasteiger charge is -2.03. The van der Waals surface area contributed by atoms with Crippen LogP contribution in [-0.4, -0.2) is 29.4 Å². The smallest absolute Gasteiger partial charge is 0.0869 e. The fourth-order valence-electron chi connectivity index (χ4n) is 3.04. The zero-order valence-electron chi connectivity index (χ0n) is 15.3. The molecule has 4 heteroatoms. The lowest BCUT2D eigenvalue weighted by molar-refractivity contribution is -0.305. The first kappa shape index (κ1) is 21.2. The molecule has 0 aromatic rings. The molecule has 0 aromatic carbocycles. The number of carbonyl (C=O) groups excluding carboxylic acids is 1. The SMILES string of the molecule is CCCCCC1OC1CC(O)/C=C/CCCCCCCCC(=O)[O-]. The van der Waals surface area contributed by atoms with E-state index in [2.05, 4.69) is 13.0 Å². The second-order valence-corrected chi connectivity index (χ2v) is 6.97. The number of hydrogen-bond donors (Lipinski definition) is 1. The number of allylic oxidation sites excluding steroid dienone is 1. The van der Waals surface area contributed by atoms with E-state index in [0.717, 1.165) is 57.8 Å². The summed E-state index contributed by atoms with van der Waals surface area (Å²) in [5, 5.41) is 20.2. The molecule has 3 unspecified atom stereocenters. The van der Waals surface area contributed by atoms with Crippen LogP contribution in [0.2, 0.25) is 0 Å². The molecule has 1 aliphatic rings. The van der Waals surface area contributed by atoms with E-state index < -0.39 is 5.97 Å². The van der Waals surface area contributed by atoms with Crippen molar-refractivity contribution in [2.45, 2.75) is 109 Å². The first-order chi connectivity index (χ1) is 11.6. The Hall–Kier alpha value is -0.870. The number of hydrogen-bond acceptors (Lipinski definition) is 4. The van der Waals surface area contributed by atoms with Gasteiger partial charge in [-0.25, -0.2) is 0 Å². The van der Waals surface area contributed by atoms with E-state index in [0.29, 0.717) is 6.10 Å². The van der Waals surface area contributed by atoms with E-state index in [4.69, 9.17) is 4.74 Å². The number of epoxide rings is 1. The highest BCUT2D eigenvalue weighted by Gasteiger charge is 2.38. The van der Waals surface area contributed by atoms with Crippen molar-refractivity contribution in [3.8, 4) is 0 Å². The van der Waals surface area contributed by atoms with Gasteiger partial charge in [0, 0.05) is 12.4 Å². The molecular formula is C20H35O4-. The number of carboxylic acids is 1. The third-order valence-corrected chi connectivity index (χ3v) is 4.61. The van der Waals surface area contributed by atoms with Crippen molar-refractivity contribution >= 4 is 5.97 Å². The average molecular weight is 339 g/mol. The summed E-state index contributed by atoms with van der Waals surface area (Å²) in [6.07, 6.45) is 17.3. The van der Waals surface area contributed by atoms with Gasteiger partial charge in [-0.05, 0) is 32.1 Å². The second kappa shape index (κ2) is 13.4. The molecule has 0 amide bonds. The van der Waals surface area contributed by atoms with Crippen molar-refractivity contribution in [3.05, 3.63) is 12.2 Å². The first-order valence-electron chi connectivity index (χ1n) is 9.83. The van der Waals surface area contributed by atoms with Crippen molar-refractivity contribution in [2.75, 3.05) is 0 Å². The number of carbonyl (C=O) groups is 1. The van der Waals surface area contributed by atoms with E-state index in [1.54, 1.807) is 0 Å². The van der Waals surface area contributed by atoms with E-state index in [9.17, 15) is 15.0 Å². The van der Waals surface area contributed by atoms with Crippen LogP contribution in [0.5, 0.6) is 0 Å². The van der Waals surface area contributed by atoms with Crippen LogP contribution in [0, 0.1) is 0 Å². The zero-order valence-corrected chi connectivity index (χ0v) is 15.3. The molecule has 0 aromatic heterocycles. The van der Waals surface area contributed by atoms with E-state index in [1.165, 1.54) is 19.3 Å². The number of aliphatic carboxylic acids is 1. The summed E-state index contributed by atoms with van der Waals surface area (Å²) in [5.74, 6) is -0.942. The van der Waals surface area contributed by atoms with Gasteiger partial charge in [0.25, 0.3) is 0 Å². The van der Waals surface area contributed by atoms with Crippen LogP contribution >= 0.6 is 0 Å². The number of rotatable bonds is 16. The molecule has 1 saturated heterocycles. The normalized spacial score (nSPS) is 21.2. The maximum atomic E-state index is 10.3. The van der Waals surface area contributed by atoms with E-state index in [1.807, 2.05) is 6.08 Å². The summed E-state index contributed by atoms with van der Waals surface area (Å²) in [7, 11) is 0. The topological polar surface area (TPSA) is 72.9 Å². The lowest BCUT2D eigenvalue weighted by Crippen LogP contribution is -2.21. The van der Waals surface area contributed by atoms with Crippen molar-refractivity contribution in [1.82, 2.24) is 0 Å². The highest BCUT2D eigenvalue weighted by molar-refractivity contribution is 5.63. The summed E-state index contributed by atoms with van der Waals surface area (Å²) in [5.41, 5.74) is 0. The monoisotopic (exact) mass is 339 g/mol. The Morgan fingerprint density at radius 1 is 1.08 bits per heavy atom. The summed E-state index contributed by atoms with van der Waals surface area (Å²) < 4.78 is 5.61. The van der Waals surface area contributed by atoms with Crippen molar-refractivity contribution < 1.29 is 19.7 Å². The highest BCUT2D eigenvalue weighted by Crippen LogP contribution is 2.31. The van der Waals surface area contributed by atoms with Gasteiger partial charge >= 0.3 is 0 Å². The molecule has 24 heavy (non-hydrogen) atoms. The third kappa shape index (κ3) is 11.6. The van der Waals surface area contributed by atoms with Crippen LogP contribution in [0.1, 0.15) is 90.4 Å². The average Bonchev–Trinajstić information content (AvgIpc) is 3.27. The molecule has 3 atom stereocenters. The molecule has 1 heterocycles. The number of ether oxygens (including phenoxy) is 1. The quantitative estimate of drug-likeness (QED) is 0.265. The standard InChI is InChI=1S/C20H36O4/c1-2-3-10-14-18-19(24-18)16-17(21)13-11-8-6-4-5-7-9-12-15-20(22)23/h11,13,17-19,21H,2-10,12,14-16H2,1H3,(H,22,23)/p-1/b13-11+. The molecule has 1 rings (SSSR count). The summed E-state index contributed by atoms with van der Waals surface area (Å²) in [4.78, 5) is 10.3. The van der Waals surface area contributed by atoms with Gasteiger partial charge in [-0.15, -0.1) is 0 Å². The van der Waals surface area contributed by atoms with Gasteiger partial charge in [-0.2, -0.15) is 0 Å². The molecule has 1 aliphatic heterocycles. The van der Waals surface area contributed by atoms with Gasteiger partial charge in [-0.3, -0.25) is 0 Å². The van der Waals surface area contributed by atoms with Crippen LogP contribution in [0.25, 0.3) is 0 Å². The maximum absolute atomic E-state index is 10.3. The van der Waals surface area contributed by atoms with Gasteiger partial charge in [-0.1, -0.05) is 64.0 Å². The molecule has 0 radical (unpaired) electrons. The largest absolute Gasteiger partial charge is 0.550 e. The molecule has 0 bridgehead atoms. The third-order valence-electron chi connectivity index (χ3n) is 4.61. The van der Waals surface area contributed by atoms with Gasteiger partial charge in [0.2, 0.25) is 0 Å². The summed E-state index contributed by atoms with van der Waals surface area (Å²) in [6.45, 7) is 2.21. The minimum absolute atomic E-state index is 0.185. The molecule has 1 fully saturated rings. The minimum atomic E-state index is -0.942. The second-order valence-electron chi connectivity index (χ2n) is 6.97. The minimum Gasteiger partial charge on any atom is -0.550 e. The van der Waals surface area contributed by atoms with E-state index >= 15 is 0 Å². The molecule has 4 nitrogen and oxygen atoms in total.